The van der Waals surface area contributed by atoms with Gasteiger partial charge in [0.25, 0.3) is 0 Å². The first-order valence-electron chi connectivity index (χ1n) is 5.29. The molecular formula is C12H13ClF2O3. The number of benzene rings is 1. The standard InChI is InChI=1S/C12H13ClF2O3/c1-3-18-11(16)10(15)12(2,17)8-5-4-7(14)6-9(8)13/h4-6,10,17H,3H2,1-2H3. The number of rotatable bonds is 4. The minimum absolute atomic E-state index is 0.00746. The molecule has 1 aromatic carbocycles. The van der Waals surface area contributed by atoms with Gasteiger partial charge < -0.3 is 9.84 Å². The number of esters is 1. The van der Waals surface area contributed by atoms with Crippen LogP contribution in [-0.4, -0.2) is 23.9 Å². The summed E-state index contributed by atoms with van der Waals surface area (Å²) in [7, 11) is 0. The Kier molecular flexibility index (Phi) is 4.65. The van der Waals surface area contributed by atoms with Crippen molar-refractivity contribution in [3.8, 4) is 0 Å². The summed E-state index contributed by atoms with van der Waals surface area (Å²) in [5.41, 5.74) is -2.26. The van der Waals surface area contributed by atoms with Crippen LogP contribution in [0.25, 0.3) is 0 Å². The molecule has 18 heavy (non-hydrogen) atoms. The third-order valence-electron chi connectivity index (χ3n) is 2.46. The summed E-state index contributed by atoms with van der Waals surface area (Å²) in [6.07, 6.45) is -2.31. The minimum atomic E-state index is -2.31. The molecule has 2 atom stereocenters. The maximum atomic E-state index is 13.9. The summed E-state index contributed by atoms with van der Waals surface area (Å²) in [4.78, 5) is 11.3. The van der Waals surface area contributed by atoms with Crippen molar-refractivity contribution >= 4 is 17.6 Å². The van der Waals surface area contributed by atoms with Crippen LogP contribution in [0.1, 0.15) is 19.4 Å². The van der Waals surface area contributed by atoms with Crippen molar-refractivity contribution in [3.05, 3.63) is 34.6 Å². The summed E-state index contributed by atoms with van der Waals surface area (Å²) in [5, 5.41) is 9.88. The molecule has 0 saturated heterocycles. The van der Waals surface area contributed by atoms with Crippen LogP contribution in [0, 0.1) is 5.82 Å². The number of hydrogen-bond donors (Lipinski definition) is 1. The van der Waals surface area contributed by atoms with Gasteiger partial charge in [-0.2, -0.15) is 0 Å². The molecule has 0 saturated carbocycles. The zero-order valence-corrected chi connectivity index (χ0v) is 10.7. The second-order valence-electron chi connectivity index (χ2n) is 3.89. The number of carbonyl (C=O) groups is 1. The normalized spacial score (nSPS) is 15.9. The lowest BCUT2D eigenvalue weighted by molar-refractivity contribution is -0.160. The van der Waals surface area contributed by atoms with Gasteiger partial charge in [-0.25, -0.2) is 13.6 Å². The Labute approximate surface area is 108 Å². The van der Waals surface area contributed by atoms with E-state index in [2.05, 4.69) is 4.74 Å². The summed E-state index contributed by atoms with van der Waals surface area (Å²) in [6.45, 7) is 2.59. The molecule has 0 spiro atoms. The zero-order valence-electron chi connectivity index (χ0n) is 9.91. The quantitative estimate of drug-likeness (QED) is 0.861. The number of halogens is 3. The molecule has 6 heteroatoms. The first kappa shape index (κ1) is 14.9. The van der Waals surface area contributed by atoms with Crippen LogP contribution in [0.4, 0.5) is 8.78 Å². The van der Waals surface area contributed by atoms with E-state index in [1.165, 1.54) is 6.92 Å². The summed E-state index contributed by atoms with van der Waals surface area (Å²) in [6, 6.07) is 3.08. The average molecular weight is 279 g/mol. The molecule has 0 radical (unpaired) electrons. The largest absolute Gasteiger partial charge is 0.464 e. The van der Waals surface area contributed by atoms with Crippen LogP contribution < -0.4 is 0 Å². The highest BCUT2D eigenvalue weighted by molar-refractivity contribution is 6.31. The van der Waals surface area contributed by atoms with Crippen molar-refractivity contribution in [2.75, 3.05) is 6.61 Å². The van der Waals surface area contributed by atoms with Gasteiger partial charge in [0.05, 0.1) is 6.61 Å². The second kappa shape index (κ2) is 5.63. The third kappa shape index (κ3) is 2.97. The molecule has 100 valence electrons. The average Bonchev–Trinajstić information content (AvgIpc) is 2.27. The van der Waals surface area contributed by atoms with Crippen molar-refractivity contribution in [2.24, 2.45) is 0 Å². The van der Waals surface area contributed by atoms with Gasteiger partial charge >= 0.3 is 5.97 Å². The second-order valence-corrected chi connectivity index (χ2v) is 4.29. The summed E-state index contributed by atoms with van der Waals surface area (Å²) in [5.74, 6) is -1.81. The van der Waals surface area contributed by atoms with Crippen molar-refractivity contribution in [2.45, 2.75) is 25.6 Å². The first-order chi connectivity index (χ1) is 8.30. The molecule has 0 amide bonds. The molecule has 0 aliphatic heterocycles. The van der Waals surface area contributed by atoms with Gasteiger partial charge in [0.2, 0.25) is 6.17 Å². The van der Waals surface area contributed by atoms with E-state index < -0.39 is 23.6 Å². The van der Waals surface area contributed by atoms with E-state index in [1.807, 2.05) is 0 Å². The molecule has 2 unspecified atom stereocenters. The maximum Gasteiger partial charge on any atom is 0.344 e. The van der Waals surface area contributed by atoms with Crippen LogP contribution >= 0.6 is 11.6 Å². The van der Waals surface area contributed by atoms with Gasteiger partial charge in [0, 0.05) is 10.6 Å². The van der Waals surface area contributed by atoms with Crippen molar-refractivity contribution in [3.63, 3.8) is 0 Å². The SMILES string of the molecule is CCOC(=O)C(F)C(C)(O)c1ccc(F)cc1Cl. The molecule has 3 nitrogen and oxygen atoms in total. The Balaban J connectivity index is 3.08. The summed E-state index contributed by atoms with van der Waals surface area (Å²) >= 11 is 5.72. The van der Waals surface area contributed by atoms with Gasteiger partial charge in [-0.1, -0.05) is 17.7 Å². The molecule has 0 bridgehead atoms. The Bertz CT molecular complexity index is 449. The fourth-order valence-electron chi connectivity index (χ4n) is 1.48. The van der Waals surface area contributed by atoms with Crippen LogP contribution in [0.15, 0.2) is 18.2 Å². The van der Waals surface area contributed by atoms with Crippen LogP contribution in [0.3, 0.4) is 0 Å². The highest BCUT2D eigenvalue weighted by atomic mass is 35.5. The molecule has 0 fully saturated rings. The number of aliphatic hydroxyl groups is 1. The lowest BCUT2D eigenvalue weighted by Gasteiger charge is -2.27. The van der Waals surface area contributed by atoms with E-state index in [4.69, 9.17) is 11.6 Å². The molecular weight excluding hydrogens is 266 g/mol. The fraction of sp³-hybridized carbons (Fsp3) is 0.417. The molecule has 0 aliphatic rings. The highest BCUT2D eigenvalue weighted by Gasteiger charge is 2.41. The van der Waals surface area contributed by atoms with Gasteiger partial charge in [-0.15, -0.1) is 0 Å². The predicted octanol–water partition coefficient (Wildman–Crippen LogP) is 2.59. The maximum absolute atomic E-state index is 13.9. The molecule has 1 N–H and O–H groups in total. The third-order valence-corrected chi connectivity index (χ3v) is 2.78. The first-order valence-corrected chi connectivity index (χ1v) is 5.67. The zero-order chi connectivity index (χ0) is 13.9. The van der Waals surface area contributed by atoms with E-state index in [0.717, 1.165) is 25.1 Å². The number of ether oxygens (including phenoxy) is 1. The molecule has 0 aromatic heterocycles. The van der Waals surface area contributed by atoms with Crippen LogP contribution in [0.5, 0.6) is 0 Å². The van der Waals surface area contributed by atoms with E-state index in [1.54, 1.807) is 0 Å². The van der Waals surface area contributed by atoms with Gasteiger partial charge in [0.15, 0.2) is 0 Å². The Morgan fingerprint density at radius 3 is 2.72 bits per heavy atom. The minimum Gasteiger partial charge on any atom is -0.464 e. The number of carbonyl (C=O) groups excluding carboxylic acids is 1. The van der Waals surface area contributed by atoms with Crippen molar-refractivity contribution in [1.29, 1.82) is 0 Å². The number of alkyl halides is 1. The lowest BCUT2D eigenvalue weighted by Crippen LogP contribution is -2.40. The predicted molar refractivity (Wildman–Crippen MR) is 62.5 cm³/mol. The van der Waals surface area contributed by atoms with Crippen LogP contribution in [0.2, 0.25) is 5.02 Å². The van der Waals surface area contributed by atoms with Crippen LogP contribution in [-0.2, 0) is 15.1 Å². The molecule has 1 aromatic rings. The van der Waals surface area contributed by atoms with E-state index in [-0.39, 0.29) is 17.2 Å². The lowest BCUT2D eigenvalue weighted by atomic mass is 9.91. The fourth-order valence-corrected chi connectivity index (χ4v) is 1.84. The van der Waals surface area contributed by atoms with Gasteiger partial charge in [-0.05, 0) is 26.0 Å². The van der Waals surface area contributed by atoms with Crippen molar-refractivity contribution < 1.29 is 23.4 Å². The topological polar surface area (TPSA) is 46.5 Å². The highest BCUT2D eigenvalue weighted by Crippen LogP contribution is 2.33. The van der Waals surface area contributed by atoms with Gasteiger partial charge in [-0.3, -0.25) is 0 Å². The monoisotopic (exact) mass is 278 g/mol. The van der Waals surface area contributed by atoms with E-state index in [0.29, 0.717) is 0 Å². The van der Waals surface area contributed by atoms with E-state index >= 15 is 0 Å². The Hall–Kier alpha value is -1.20. The van der Waals surface area contributed by atoms with Crippen molar-refractivity contribution in [1.82, 2.24) is 0 Å². The summed E-state index contributed by atoms with van der Waals surface area (Å²) < 4.78 is 31.2. The molecule has 1 rings (SSSR count). The number of hydrogen-bond acceptors (Lipinski definition) is 3. The molecule has 0 aliphatic carbocycles. The molecule has 0 heterocycles. The smallest absolute Gasteiger partial charge is 0.344 e. The Morgan fingerprint density at radius 2 is 2.22 bits per heavy atom. The Morgan fingerprint density at radius 1 is 1.61 bits per heavy atom. The van der Waals surface area contributed by atoms with Gasteiger partial charge in [0.1, 0.15) is 11.4 Å². The van der Waals surface area contributed by atoms with E-state index in [9.17, 15) is 18.7 Å².